The molecule has 2 amide bonds. The Bertz CT molecular complexity index is 567. The van der Waals surface area contributed by atoms with Gasteiger partial charge in [-0.25, -0.2) is 4.79 Å². The molecule has 104 valence electrons. The van der Waals surface area contributed by atoms with Gasteiger partial charge >= 0.3 is 6.03 Å². The minimum atomic E-state index is -0.279. The number of amides is 2. The van der Waals surface area contributed by atoms with Crippen molar-refractivity contribution in [2.75, 3.05) is 5.32 Å². The first-order chi connectivity index (χ1) is 9.67. The maximum absolute atomic E-state index is 11.7. The first-order valence-electron chi connectivity index (χ1n) is 6.16. The summed E-state index contributed by atoms with van der Waals surface area (Å²) in [7, 11) is 0. The summed E-state index contributed by atoms with van der Waals surface area (Å²) >= 11 is 5.77. The lowest BCUT2D eigenvalue weighted by molar-refractivity contribution is 0.251. The Labute approximate surface area is 122 Å². The van der Waals surface area contributed by atoms with Crippen LogP contribution in [0.5, 0.6) is 0 Å². The van der Waals surface area contributed by atoms with Crippen LogP contribution in [-0.4, -0.2) is 11.1 Å². The van der Waals surface area contributed by atoms with Gasteiger partial charge in [-0.15, -0.1) is 0 Å². The maximum Gasteiger partial charge on any atom is 0.319 e. The number of hydrogen-bond acceptors (Lipinski definition) is 2. The number of aliphatic hydroxyl groups is 1. The topological polar surface area (TPSA) is 61.4 Å². The molecule has 20 heavy (non-hydrogen) atoms. The standard InChI is InChI=1S/C15H15ClN2O2/c16-13-5-7-14(8-6-13)18-15(20)17-9-11-1-3-12(10-19)4-2-11/h1-8,19H,9-10H2,(H2,17,18,20). The van der Waals surface area contributed by atoms with Crippen LogP contribution in [0.15, 0.2) is 48.5 Å². The molecule has 0 heterocycles. The van der Waals surface area contributed by atoms with Gasteiger partial charge in [-0.1, -0.05) is 35.9 Å². The molecule has 0 atom stereocenters. The van der Waals surface area contributed by atoms with E-state index in [1.54, 1.807) is 24.3 Å². The highest BCUT2D eigenvalue weighted by molar-refractivity contribution is 6.30. The lowest BCUT2D eigenvalue weighted by Gasteiger charge is -2.08. The van der Waals surface area contributed by atoms with Gasteiger partial charge in [-0.2, -0.15) is 0 Å². The van der Waals surface area contributed by atoms with Crippen LogP contribution in [0.25, 0.3) is 0 Å². The van der Waals surface area contributed by atoms with Crippen molar-refractivity contribution in [3.63, 3.8) is 0 Å². The molecule has 0 saturated carbocycles. The van der Waals surface area contributed by atoms with E-state index in [-0.39, 0.29) is 12.6 Å². The summed E-state index contributed by atoms with van der Waals surface area (Å²) in [5.41, 5.74) is 2.50. The lowest BCUT2D eigenvalue weighted by atomic mass is 10.1. The van der Waals surface area contributed by atoms with Crippen molar-refractivity contribution in [3.8, 4) is 0 Å². The average Bonchev–Trinajstić information content (AvgIpc) is 2.48. The van der Waals surface area contributed by atoms with E-state index in [1.807, 2.05) is 24.3 Å². The Hall–Kier alpha value is -2.04. The summed E-state index contributed by atoms with van der Waals surface area (Å²) in [6.45, 7) is 0.440. The fourth-order valence-corrected chi connectivity index (χ4v) is 1.78. The van der Waals surface area contributed by atoms with Gasteiger partial charge in [-0.05, 0) is 35.4 Å². The second-order valence-electron chi connectivity index (χ2n) is 4.29. The number of benzene rings is 2. The monoisotopic (exact) mass is 290 g/mol. The molecule has 0 aliphatic rings. The lowest BCUT2D eigenvalue weighted by Crippen LogP contribution is -2.28. The Balaban J connectivity index is 1.83. The van der Waals surface area contributed by atoms with Gasteiger partial charge in [0.15, 0.2) is 0 Å². The molecule has 0 spiro atoms. The Morgan fingerprint density at radius 2 is 1.60 bits per heavy atom. The van der Waals surface area contributed by atoms with Crippen molar-refractivity contribution in [2.24, 2.45) is 0 Å². The van der Waals surface area contributed by atoms with Crippen LogP contribution in [0.1, 0.15) is 11.1 Å². The van der Waals surface area contributed by atoms with Crippen molar-refractivity contribution in [3.05, 3.63) is 64.7 Å². The SMILES string of the molecule is O=C(NCc1ccc(CO)cc1)Nc1ccc(Cl)cc1. The normalized spacial score (nSPS) is 10.1. The van der Waals surface area contributed by atoms with E-state index >= 15 is 0 Å². The smallest absolute Gasteiger partial charge is 0.319 e. The van der Waals surface area contributed by atoms with Crippen molar-refractivity contribution in [1.82, 2.24) is 5.32 Å². The van der Waals surface area contributed by atoms with E-state index in [9.17, 15) is 4.79 Å². The zero-order chi connectivity index (χ0) is 14.4. The van der Waals surface area contributed by atoms with Crippen LogP contribution >= 0.6 is 11.6 Å². The molecule has 0 fully saturated rings. The average molecular weight is 291 g/mol. The second kappa shape index (κ2) is 6.93. The van der Waals surface area contributed by atoms with Gasteiger partial charge in [-0.3, -0.25) is 0 Å². The number of hydrogen-bond donors (Lipinski definition) is 3. The molecule has 2 aromatic rings. The van der Waals surface area contributed by atoms with Crippen molar-refractivity contribution in [2.45, 2.75) is 13.2 Å². The van der Waals surface area contributed by atoms with E-state index < -0.39 is 0 Å². The predicted octanol–water partition coefficient (Wildman–Crippen LogP) is 3.15. The minimum Gasteiger partial charge on any atom is -0.392 e. The van der Waals surface area contributed by atoms with Crippen LogP contribution in [0.2, 0.25) is 5.02 Å². The highest BCUT2D eigenvalue weighted by Gasteiger charge is 2.01. The first-order valence-corrected chi connectivity index (χ1v) is 6.54. The summed E-state index contributed by atoms with van der Waals surface area (Å²) in [5.74, 6) is 0. The molecule has 5 heteroatoms. The van der Waals surface area contributed by atoms with Crippen LogP contribution in [0, 0.1) is 0 Å². The third kappa shape index (κ3) is 4.26. The van der Waals surface area contributed by atoms with Crippen LogP contribution in [0.4, 0.5) is 10.5 Å². The van der Waals surface area contributed by atoms with E-state index in [1.165, 1.54) is 0 Å². The molecule has 0 unspecified atom stereocenters. The van der Waals surface area contributed by atoms with E-state index in [0.717, 1.165) is 11.1 Å². The molecule has 0 aliphatic carbocycles. The van der Waals surface area contributed by atoms with Crippen molar-refractivity contribution >= 4 is 23.3 Å². The van der Waals surface area contributed by atoms with Gasteiger partial charge in [0.1, 0.15) is 0 Å². The number of aliphatic hydroxyl groups excluding tert-OH is 1. The summed E-state index contributed by atoms with van der Waals surface area (Å²) in [6, 6.07) is 14.0. The Kier molecular flexibility index (Phi) is 4.98. The van der Waals surface area contributed by atoms with E-state index in [0.29, 0.717) is 17.3 Å². The van der Waals surface area contributed by atoms with Crippen LogP contribution < -0.4 is 10.6 Å². The molecule has 0 saturated heterocycles. The van der Waals surface area contributed by atoms with Crippen molar-refractivity contribution < 1.29 is 9.90 Å². The minimum absolute atomic E-state index is 0.0186. The van der Waals surface area contributed by atoms with Gasteiger partial charge in [0.25, 0.3) is 0 Å². The highest BCUT2D eigenvalue weighted by atomic mass is 35.5. The number of carbonyl (C=O) groups is 1. The van der Waals surface area contributed by atoms with Crippen molar-refractivity contribution in [1.29, 1.82) is 0 Å². The molecule has 2 rings (SSSR count). The third-order valence-corrected chi connectivity index (χ3v) is 3.01. The number of nitrogens with one attached hydrogen (secondary N) is 2. The molecular weight excluding hydrogens is 276 g/mol. The Morgan fingerprint density at radius 1 is 1.00 bits per heavy atom. The summed E-state index contributed by atoms with van der Waals surface area (Å²) in [6.07, 6.45) is 0. The molecule has 0 aliphatic heterocycles. The summed E-state index contributed by atoms with van der Waals surface area (Å²) in [5, 5.41) is 15.0. The third-order valence-electron chi connectivity index (χ3n) is 2.76. The largest absolute Gasteiger partial charge is 0.392 e. The molecule has 2 aromatic carbocycles. The zero-order valence-corrected chi connectivity index (χ0v) is 11.5. The highest BCUT2D eigenvalue weighted by Crippen LogP contribution is 2.13. The fraction of sp³-hybridized carbons (Fsp3) is 0.133. The maximum atomic E-state index is 11.7. The first kappa shape index (κ1) is 14.4. The quantitative estimate of drug-likeness (QED) is 0.810. The van der Waals surface area contributed by atoms with Gasteiger partial charge in [0, 0.05) is 17.3 Å². The molecule has 3 N–H and O–H groups in total. The van der Waals surface area contributed by atoms with E-state index in [4.69, 9.17) is 16.7 Å². The molecule has 0 bridgehead atoms. The fourth-order valence-electron chi connectivity index (χ4n) is 1.65. The number of rotatable bonds is 4. The van der Waals surface area contributed by atoms with Gasteiger partial charge < -0.3 is 15.7 Å². The molecule has 0 radical (unpaired) electrons. The van der Waals surface area contributed by atoms with Crippen LogP contribution in [0.3, 0.4) is 0 Å². The van der Waals surface area contributed by atoms with E-state index in [2.05, 4.69) is 10.6 Å². The second-order valence-corrected chi connectivity index (χ2v) is 4.73. The predicted molar refractivity (Wildman–Crippen MR) is 79.7 cm³/mol. The summed E-state index contributed by atoms with van der Waals surface area (Å²) < 4.78 is 0. The number of anilines is 1. The molecule has 4 nitrogen and oxygen atoms in total. The molecular formula is C15H15ClN2O2. The van der Waals surface area contributed by atoms with Gasteiger partial charge in [0.2, 0.25) is 0 Å². The molecule has 0 aromatic heterocycles. The number of halogens is 1. The Morgan fingerprint density at radius 3 is 2.20 bits per heavy atom. The summed E-state index contributed by atoms with van der Waals surface area (Å²) in [4.78, 5) is 11.7. The number of carbonyl (C=O) groups excluding carboxylic acids is 1. The number of urea groups is 1. The van der Waals surface area contributed by atoms with Crippen LogP contribution in [-0.2, 0) is 13.2 Å². The van der Waals surface area contributed by atoms with Gasteiger partial charge in [0.05, 0.1) is 6.61 Å². The zero-order valence-electron chi connectivity index (χ0n) is 10.8.